The predicted octanol–water partition coefficient (Wildman–Crippen LogP) is 3.42. The highest BCUT2D eigenvalue weighted by atomic mass is 35.5. The molecule has 1 aliphatic rings. The molecule has 1 atom stereocenters. The summed E-state index contributed by atoms with van der Waals surface area (Å²) < 4.78 is 26.8. The van der Waals surface area contributed by atoms with Gasteiger partial charge in [-0.2, -0.15) is 4.31 Å². The molecule has 150 valence electrons. The first-order chi connectivity index (χ1) is 13.4. The number of carbonyl (C=O) groups is 1. The largest absolute Gasteiger partial charge is 0.310 e. The van der Waals surface area contributed by atoms with Gasteiger partial charge in [0.15, 0.2) is 0 Å². The summed E-state index contributed by atoms with van der Waals surface area (Å²) in [6.07, 6.45) is 5.65. The van der Waals surface area contributed by atoms with Gasteiger partial charge in [0.1, 0.15) is 10.7 Å². The number of sulfonamides is 1. The number of hydrogen-bond acceptors (Lipinski definition) is 6. The van der Waals surface area contributed by atoms with Crippen LogP contribution in [0.2, 0.25) is 5.02 Å². The van der Waals surface area contributed by atoms with Crippen LogP contribution in [0.1, 0.15) is 26.2 Å². The van der Waals surface area contributed by atoms with Crippen molar-refractivity contribution in [1.82, 2.24) is 14.3 Å². The van der Waals surface area contributed by atoms with Crippen molar-refractivity contribution < 1.29 is 13.2 Å². The second-order valence-corrected chi connectivity index (χ2v) is 10.1. The van der Waals surface area contributed by atoms with E-state index in [9.17, 15) is 13.2 Å². The first kappa shape index (κ1) is 21.0. The Balaban J connectivity index is 1.61. The molecular weight excluding hydrogens is 420 g/mol. The average molecular weight is 441 g/mol. The first-order valence-corrected chi connectivity index (χ1v) is 11.6. The van der Waals surface area contributed by atoms with Crippen LogP contribution in [0.4, 0.5) is 5.82 Å². The highest BCUT2D eigenvalue weighted by Crippen LogP contribution is 2.25. The first-order valence-electron chi connectivity index (χ1n) is 8.91. The van der Waals surface area contributed by atoms with E-state index in [1.165, 1.54) is 28.5 Å². The van der Waals surface area contributed by atoms with Gasteiger partial charge in [-0.15, -0.1) is 0 Å². The fraction of sp³-hybridized carbons (Fsp3) is 0.389. The Labute approximate surface area is 173 Å². The zero-order valence-corrected chi connectivity index (χ0v) is 17.7. The van der Waals surface area contributed by atoms with Crippen molar-refractivity contribution in [1.29, 1.82) is 0 Å². The molecule has 1 N–H and O–H groups in total. The zero-order valence-electron chi connectivity index (χ0n) is 15.3. The molecule has 0 unspecified atom stereocenters. The van der Waals surface area contributed by atoms with Gasteiger partial charge in [0.05, 0.1) is 15.3 Å². The van der Waals surface area contributed by atoms with Crippen LogP contribution in [0, 0.1) is 0 Å². The Morgan fingerprint density at radius 1 is 1.14 bits per heavy atom. The third-order valence-corrected chi connectivity index (χ3v) is 7.46. The molecular formula is C18H21ClN4O3S2. The summed E-state index contributed by atoms with van der Waals surface area (Å²) in [4.78, 5) is 20.7. The van der Waals surface area contributed by atoms with Crippen LogP contribution >= 0.6 is 23.4 Å². The van der Waals surface area contributed by atoms with Gasteiger partial charge >= 0.3 is 0 Å². The van der Waals surface area contributed by atoms with Crippen molar-refractivity contribution in [2.75, 3.05) is 18.4 Å². The number of thioether (sulfide) groups is 1. The molecule has 3 heterocycles. The molecule has 1 fully saturated rings. The molecule has 3 rings (SSSR count). The second-order valence-electron chi connectivity index (χ2n) is 6.41. The molecule has 0 radical (unpaired) electrons. The lowest BCUT2D eigenvalue weighted by Gasteiger charge is -2.25. The summed E-state index contributed by atoms with van der Waals surface area (Å²) in [5.74, 6) is 0.185. The number of nitrogens with one attached hydrogen (secondary N) is 1. The van der Waals surface area contributed by atoms with E-state index in [2.05, 4.69) is 15.3 Å². The van der Waals surface area contributed by atoms with Crippen LogP contribution in [-0.2, 0) is 14.8 Å². The van der Waals surface area contributed by atoms with Gasteiger partial charge in [-0.05, 0) is 44.0 Å². The predicted molar refractivity (Wildman–Crippen MR) is 110 cm³/mol. The number of pyridine rings is 2. The molecule has 1 saturated heterocycles. The number of amides is 1. The molecule has 2 aromatic heterocycles. The van der Waals surface area contributed by atoms with Crippen LogP contribution in [0.15, 0.2) is 46.6 Å². The lowest BCUT2D eigenvalue weighted by Crippen LogP contribution is -2.35. The van der Waals surface area contributed by atoms with Crippen molar-refractivity contribution in [3.05, 3.63) is 41.7 Å². The number of rotatable bonds is 6. The highest BCUT2D eigenvalue weighted by molar-refractivity contribution is 8.00. The quantitative estimate of drug-likeness (QED) is 0.692. The third kappa shape index (κ3) is 5.22. The molecule has 0 spiro atoms. The lowest BCUT2D eigenvalue weighted by atomic mass is 10.2. The average Bonchev–Trinajstić information content (AvgIpc) is 2.70. The number of carbonyl (C=O) groups excluding carboxylic acids is 1. The van der Waals surface area contributed by atoms with Gasteiger partial charge in [0.2, 0.25) is 15.9 Å². The smallest absolute Gasteiger partial charge is 0.244 e. The fourth-order valence-electron chi connectivity index (χ4n) is 2.76. The molecule has 2 aromatic rings. The van der Waals surface area contributed by atoms with Gasteiger partial charge in [0, 0.05) is 25.5 Å². The van der Waals surface area contributed by atoms with E-state index in [1.807, 2.05) is 0 Å². The third-order valence-electron chi connectivity index (χ3n) is 4.31. The summed E-state index contributed by atoms with van der Waals surface area (Å²) in [5, 5.41) is 3.34. The van der Waals surface area contributed by atoms with Crippen LogP contribution in [0.25, 0.3) is 0 Å². The van der Waals surface area contributed by atoms with Crippen LogP contribution < -0.4 is 5.32 Å². The van der Waals surface area contributed by atoms with Crippen LogP contribution in [0.5, 0.6) is 0 Å². The maximum atomic E-state index is 12.7. The van der Waals surface area contributed by atoms with E-state index >= 15 is 0 Å². The van der Waals surface area contributed by atoms with E-state index in [-0.39, 0.29) is 10.8 Å². The molecule has 0 saturated carbocycles. The fourth-order valence-corrected chi connectivity index (χ4v) is 5.12. The molecule has 0 aromatic carbocycles. The number of nitrogens with zero attached hydrogens (tertiary/aromatic N) is 3. The van der Waals surface area contributed by atoms with Gasteiger partial charge in [-0.1, -0.05) is 29.8 Å². The minimum Gasteiger partial charge on any atom is -0.310 e. The zero-order chi connectivity index (χ0) is 20.1. The minimum absolute atomic E-state index is 0.182. The highest BCUT2D eigenvalue weighted by Gasteiger charge is 2.26. The standard InChI is InChI=1S/C18H21ClN4O3S2/c1-13(18(24)22-16-7-5-14(19)11-20-16)27-17-8-6-15(12-21-17)28(25,26)23-9-3-2-4-10-23/h5-8,11-13H,2-4,9-10H2,1H3,(H,20,22,24)/t13-/m1/s1. The van der Waals surface area contributed by atoms with Gasteiger partial charge < -0.3 is 5.32 Å². The summed E-state index contributed by atoms with van der Waals surface area (Å²) in [6, 6.07) is 6.44. The van der Waals surface area contributed by atoms with E-state index in [4.69, 9.17) is 11.6 Å². The van der Waals surface area contributed by atoms with Crippen LogP contribution in [0.3, 0.4) is 0 Å². The van der Waals surface area contributed by atoms with Gasteiger partial charge in [0.25, 0.3) is 0 Å². The molecule has 0 bridgehead atoms. The van der Waals surface area contributed by atoms with Gasteiger partial charge in [-0.25, -0.2) is 18.4 Å². The van der Waals surface area contributed by atoms with E-state index in [0.717, 1.165) is 19.3 Å². The number of hydrogen-bond donors (Lipinski definition) is 1. The number of halogens is 1. The molecule has 1 aliphatic heterocycles. The van der Waals surface area contributed by atoms with Crippen molar-refractivity contribution in [2.24, 2.45) is 0 Å². The second kappa shape index (κ2) is 9.21. The Bertz CT molecular complexity index is 915. The topological polar surface area (TPSA) is 92.3 Å². The molecule has 28 heavy (non-hydrogen) atoms. The van der Waals surface area contributed by atoms with Crippen LogP contribution in [-0.4, -0.2) is 46.9 Å². The van der Waals surface area contributed by atoms with E-state index < -0.39 is 15.3 Å². The van der Waals surface area contributed by atoms with Crippen molar-refractivity contribution in [3.8, 4) is 0 Å². The molecule has 7 nitrogen and oxygen atoms in total. The number of aromatic nitrogens is 2. The molecule has 0 aliphatic carbocycles. The van der Waals surface area contributed by atoms with Crippen molar-refractivity contribution >= 4 is 45.1 Å². The maximum Gasteiger partial charge on any atom is 0.244 e. The molecule has 1 amide bonds. The summed E-state index contributed by atoms with van der Waals surface area (Å²) in [5.41, 5.74) is 0. The Morgan fingerprint density at radius 2 is 1.89 bits per heavy atom. The Morgan fingerprint density at radius 3 is 2.50 bits per heavy atom. The summed E-state index contributed by atoms with van der Waals surface area (Å²) in [6.45, 7) is 2.85. The normalized spacial score (nSPS) is 16.5. The van der Waals surface area contributed by atoms with Crippen molar-refractivity contribution in [2.45, 2.75) is 41.4 Å². The summed E-state index contributed by atoms with van der Waals surface area (Å²) in [7, 11) is -3.50. The maximum absolute atomic E-state index is 12.7. The molecule has 10 heteroatoms. The minimum atomic E-state index is -3.50. The number of anilines is 1. The summed E-state index contributed by atoms with van der Waals surface area (Å²) >= 11 is 7.02. The van der Waals surface area contributed by atoms with Gasteiger partial charge in [-0.3, -0.25) is 4.79 Å². The number of piperidine rings is 1. The lowest BCUT2D eigenvalue weighted by molar-refractivity contribution is -0.115. The monoisotopic (exact) mass is 440 g/mol. The van der Waals surface area contributed by atoms with Crippen molar-refractivity contribution in [3.63, 3.8) is 0 Å². The Kier molecular flexibility index (Phi) is 6.92. The van der Waals surface area contributed by atoms with E-state index in [0.29, 0.717) is 29.0 Å². The van der Waals surface area contributed by atoms with E-state index in [1.54, 1.807) is 31.2 Å². The SMILES string of the molecule is C[C@@H](Sc1ccc(S(=O)(=O)N2CCCCC2)cn1)C(=O)Nc1ccc(Cl)cn1. The Hall–Kier alpha value is -1.68.